The number of halogens is 2. The standard InChI is InChI=1S/C14H18Br2N2O3/c1-7(2)4-11(17)13(19)18-12-9(14(20)21-3)5-8(15)6-10(12)16/h5-7,11H,4,17H2,1-3H3,(H,18,19)/t11-/m0/s1. The van der Waals surface area contributed by atoms with Crippen LogP contribution in [0.15, 0.2) is 21.1 Å². The minimum atomic E-state index is -0.633. The van der Waals surface area contributed by atoms with Crippen molar-refractivity contribution >= 4 is 49.4 Å². The van der Waals surface area contributed by atoms with E-state index in [1.807, 2.05) is 13.8 Å². The van der Waals surface area contributed by atoms with Gasteiger partial charge in [0.05, 0.1) is 24.4 Å². The fourth-order valence-electron chi connectivity index (χ4n) is 1.80. The molecule has 7 heteroatoms. The van der Waals surface area contributed by atoms with Crippen molar-refractivity contribution in [3.63, 3.8) is 0 Å². The van der Waals surface area contributed by atoms with Crippen molar-refractivity contribution in [1.82, 2.24) is 0 Å². The van der Waals surface area contributed by atoms with Crippen LogP contribution in [0.3, 0.4) is 0 Å². The lowest BCUT2D eigenvalue weighted by Crippen LogP contribution is -2.37. The highest BCUT2D eigenvalue weighted by molar-refractivity contribution is 9.11. The largest absolute Gasteiger partial charge is 0.465 e. The first-order chi connectivity index (χ1) is 9.76. The molecule has 0 saturated carbocycles. The molecule has 0 heterocycles. The monoisotopic (exact) mass is 420 g/mol. The number of rotatable bonds is 5. The van der Waals surface area contributed by atoms with Gasteiger partial charge in [-0.3, -0.25) is 4.79 Å². The normalized spacial score (nSPS) is 12.1. The summed E-state index contributed by atoms with van der Waals surface area (Å²) in [4.78, 5) is 23.9. The summed E-state index contributed by atoms with van der Waals surface area (Å²) in [6.45, 7) is 3.98. The van der Waals surface area contributed by atoms with Crippen molar-refractivity contribution in [3.05, 3.63) is 26.6 Å². The smallest absolute Gasteiger partial charge is 0.340 e. The zero-order valence-electron chi connectivity index (χ0n) is 12.1. The summed E-state index contributed by atoms with van der Waals surface area (Å²) in [5.41, 5.74) is 6.46. The Morgan fingerprint density at radius 3 is 2.48 bits per heavy atom. The highest BCUT2D eigenvalue weighted by Gasteiger charge is 2.21. The maximum absolute atomic E-state index is 12.1. The lowest BCUT2D eigenvalue weighted by atomic mass is 10.0. The molecule has 0 aromatic heterocycles. The maximum atomic E-state index is 12.1. The molecule has 3 N–H and O–H groups in total. The van der Waals surface area contributed by atoms with E-state index in [0.717, 1.165) is 0 Å². The van der Waals surface area contributed by atoms with Gasteiger partial charge in [-0.25, -0.2) is 4.79 Å². The summed E-state index contributed by atoms with van der Waals surface area (Å²) in [5, 5.41) is 2.69. The van der Waals surface area contributed by atoms with Gasteiger partial charge in [-0.1, -0.05) is 29.8 Å². The van der Waals surface area contributed by atoms with E-state index in [0.29, 0.717) is 27.0 Å². The number of ether oxygens (including phenoxy) is 1. The quantitative estimate of drug-likeness (QED) is 0.714. The second-order valence-electron chi connectivity index (χ2n) is 5.03. The highest BCUT2D eigenvalue weighted by atomic mass is 79.9. The number of carbonyl (C=O) groups excluding carboxylic acids is 2. The Morgan fingerprint density at radius 1 is 1.33 bits per heavy atom. The Kier molecular flexibility index (Phi) is 6.83. The van der Waals surface area contributed by atoms with Crippen molar-refractivity contribution in [2.75, 3.05) is 12.4 Å². The van der Waals surface area contributed by atoms with E-state index in [2.05, 4.69) is 37.2 Å². The predicted octanol–water partition coefficient (Wildman–Crippen LogP) is 3.31. The summed E-state index contributed by atoms with van der Waals surface area (Å²) in [6.07, 6.45) is 0.563. The molecule has 0 bridgehead atoms. The Bertz CT molecular complexity index is 547. The number of hydrogen-bond acceptors (Lipinski definition) is 4. The molecule has 0 saturated heterocycles. The fourth-order valence-corrected chi connectivity index (χ4v) is 3.13. The first-order valence-electron chi connectivity index (χ1n) is 6.40. The third-order valence-electron chi connectivity index (χ3n) is 2.77. The lowest BCUT2D eigenvalue weighted by molar-refractivity contribution is -0.117. The number of esters is 1. The Hall–Kier alpha value is -0.920. The van der Waals surface area contributed by atoms with E-state index in [4.69, 9.17) is 10.5 Å². The molecule has 21 heavy (non-hydrogen) atoms. The van der Waals surface area contributed by atoms with Gasteiger partial charge in [-0.15, -0.1) is 0 Å². The van der Waals surface area contributed by atoms with Gasteiger partial charge in [0.15, 0.2) is 0 Å². The second-order valence-corrected chi connectivity index (χ2v) is 6.80. The lowest BCUT2D eigenvalue weighted by Gasteiger charge is -2.17. The van der Waals surface area contributed by atoms with Crippen LogP contribution in [0.5, 0.6) is 0 Å². The third kappa shape index (κ3) is 5.09. The van der Waals surface area contributed by atoms with Crippen molar-refractivity contribution in [2.24, 2.45) is 11.7 Å². The van der Waals surface area contributed by atoms with Gasteiger partial charge in [0.25, 0.3) is 0 Å². The molecule has 0 spiro atoms. The van der Waals surface area contributed by atoms with Crippen LogP contribution in [0.2, 0.25) is 0 Å². The zero-order chi connectivity index (χ0) is 16.2. The number of carbonyl (C=O) groups is 2. The highest BCUT2D eigenvalue weighted by Crippen LogP contribution is 2.31. The molecule has 1 aromatic rings. The van der Waals surface area contributed by atoms with Gasteiger partial charge in [-0.05, 0) is 40.4 Å². The SMILES string of the molecule is COC(=O)c1cc(Br)cc(Br)c1NC(=O)[C@@H](N)CC(C)C. The van der Waals surface area contributed by atoms with Crippen LogP contribution in [0.4, 0.5) is 5.69 Å². The topological polar surface area (TPSA) is 81.4 Å². The van der Waals surface area contributed by atoms with E-state index in [9.17, 15) is 9.59 Å². The van der Waals surface area contributed by atoms with Crippen LogP contribution in [0, 0.1) is 5.92 Å². The Balaban J connectivity index is 3.07. The van der Waals surface area contributed by atoms with Gasteiger partial charge in [0.1, 0.15) is 0 Å². The van der Waals surface area contributed by atoms with Gasteiger partial charge in [0.2, 0.25) is 5.91 Å². The van der Waals surface area contributed by atoms with Gasteiger partial charge in [-0.2, -0.15) is 0 Å². The number of benzene rings is 1. The fraction of sp³-hybridized carbons (Fsp3) is 0.429. The van der Waals surface area contributed by atoms with Crippen LogP contribution in [0.1, 0.15) is 30.6 Å². The summed E-state index contributed by atoms with van der Waals surface area (Å²) < 4.78 is 6.00. The van der Waals surface area contributed by atoms with Crippen molar-refractivity contribution in [1.29, 1.82) is 0 Å². The molecule has 0 aliphatic carbocycles. The Labute approximate surface area is 140 Å². The van der Waals surface area contributed by atoms with E-state index in [-0.39, 0.29) is 11.5 Å². The number of hydrogen-bond donors (Lipinski definition) is 2. The molecule has 0 radical (unpaired) electrons. The van der Waals surface area contributed by atoms with Gasteiger partial charge in [0, 0.05) is 8.95 Å². The first kappa shape index (κ1) is 18.1. The van der Waals surface area contributed by atoms with Crippen molar-refractivity contribution < 1.29 is 14.3 Å². The Morgan fingerprint density at radius 2 is 1.95 bits per heavy atom. The molecular weight excluding hydrogens is 404 g/mol. The summed E-state index contributed by atoms with van der Waals surface area (Å²) in [5.74, 6) is -0.569. The molecular formula is C14H18Br2N2O3. The average molecular weight is 422 g/mol. The van der Waals surface area contributed by atoms with E-state index in [1.54, 1.807) is 12.1 Å². The number of amides is 1. The number of methoxy groups -OCH3 is 1. The van der Waals surface area contributed by atoms with Crippen LogP contribution in [-0.4, -0.2) is 25.0 Å². The van der Waals surface area contributed by atoms with Crippen molar-refractivity contribution in [3.8, 4) is 0 Å². The third-order valence-corrected chi connectivity index (χ3v) is 3.85. The molecule has 116 valence electrons. The molecule has 1 aromatic carbocycles. The van der Waals surface area contributed by atoms with Gasteiger partial charge < -0.3 is 15.8 Å². The predicted molar refractivity (Wildman–Crippen MR) is 89.2 cm³/mol. The molecule has 0 aliphatic rings. The van der Waals surface area contributed by atoms with Crippen LogP contribution in [-0.2, 0) is 9.53 Å². The summed E-state index contributed by atoms with van der Waals surface area (Å²) >= 11 is 6.63. The van der Waals surface area contributed by atoms with E-state index < -0.39 is 12.0 Å². The minimum absolute atomic E-state index is 0.254. The van der Waals surface area contributed by atoms with E-state index >= 15 is 0 Å². The summed E-state index contributed by atoms with van der Waals surface area (Å²) in [6, 6.07) is 2.68. The first-order valence-corrected chi connectivity index (χ1v) is 7.98. The van der Waals surface area contributed by atoms with E-state index in [1.165, 1.54) is 7.11 Å². The summed E-state index contributed by atoms with van der Waals surface area (Å²) in [7, 11) is 1.28. The maximum Gasteiger partial charge on any atom is 0.340 e. The van der Waals surface area contributed by atoms with Crippen molar-refractivity contribution in [2.45, 2.75) is 26.3 Å². The van der Waals surface area contributed by atoms with Crippen LogP contribution >= 0.6 is 31.9 Å². The number of nitrogens with one attached hydrogen (secondary N) is 1. The zero-order valence-corrected chi connectivity index (χ0v) is 15.2. The molecule has 0 unspecified atom stereocenters. The molecule has 0 aliphatic heterocycles. The average Bonchev–Trinajstić information content (AvgIpc) is 2.39. The van der Waals surface area contributed by atoms with Crippen LogP contribution < -0.4 is 11.1 Å². The number of anilines is 1. The molecule has 1 atom stereocenters. The number of nitrogens with two attached hydrogens (primary N) is 1. The minimum Gasteiger partial charge on any atom is -0.465 e. The van der Waals surface area contributed by atoms with Gasteiger partial charge >= 0.3 is 5.97 Å². The molecule has 5 nitrogen and oxygen atoms in total. The molecule has 0 fully saturated rings. The molecule has 1 amide bonds. The molecule has 1 rings (SSSR count). The van der Waals surface area contributed by atoms with Crippen LogP contribution in [0.25, 0.3) is 0 Å². The second kappa shape index (κ2) is 7.91.